The van der Waals surface area contributed by atoms with Crippen LogP contribution in [0.1, 0.15) is 18.0 Å². The minimum Gasteiger partial charge on any atom is -0.469 e. The molecule has 1 rings (SSSR count). The number of nitrogens with two attached hydrogens (primary N) is 1. The number of nitro groups is 1. The molecule has 7 heteroatoms. The number of hydrogen-bond acceptors (Lipinski definition) is 5. The summed E-state index contributed by atoms with van der Waals surface area (Å²) in [6.45, 7) is 0. The van der Waals surface area contributed by atoms with E-state index in [2.05, 4.69) is 4.74 Å². The first-order chi connectivity index (χ1) is 7.95. The van der Waals surface area contributed by atoms with E-state index < -0.39 is 16.9 Å². The van der Waals surface area contributed by atoms with Crippen molar-refractivity contribution in [1.82, 2.24) is 0 Å². The van der Waals surface area contributed by atoms with Crippen molar-refractivity contribution in [2.45, 2.75) is 12.5 Å². The molecule has 1 aromatic rings. The van der Waals surface area contributed by atoms with E-state index in [0.717, 1.165) is 0 Å². The Morgan fingerprint density at radius 3 is 2.82 bits per heavy atom. The number of halogens is 1. The van der Waals surface area contributed by atoms with Crippen LogP contribution in [0.4, 0.5) is 5.69 Å². The summed E-state index contributed by atoms with van der Waals surface area (Å²) in [5.41, 5.74) is 5.77. The molecule has 0 amide bonds. The van der Waals surface area contributed by atoms with Crippen molar-refractivity contribution < 1.29 is 14.5 Å². The van der Waals surface area contributed by atoms with Crippen LogP contribution in [0.15, 0.2) is 18.2 Å². The number of esters is 1. The average Bonchev–Trinajstić information content (AvgIpc) is 2.28. The molecule has 0 spiro atoms. The van der Waals surface area contributed by atoms with Gasteiger partial charge in [-0.2, -0.15) is 0 Å². The molecule has 0 aliphatic carbocycles. The summed E-state index contributed by atoms with van der Waals surface area (Å²) < 4.78 is 4.45. The van der Waals surface area contributed by atoms with Crippen LogP contribution in [0.5, 0.6) is 0 Å². The Hall–Kier alpha value is -1.66. The van der Waals surface area contributed by atoms with Gasteiger partial charge in [0.2, 0.25) is 0 Å². The zero-order chi connectivity index (χ0) is 13.0. The van der Waals surface area contributed by atoms with Gasteiger partial charge in [-0.3, -0.25) is 14.9 Å². The largest absolute Gasteiger partial charge is 0.469 e. The van der Waals surface area contributed by atoms with Crippen LogP contribution in [-0.2, 0) is 9.53 Å². The number of nitro benzene ring substituents is 1. The molecule has 2 N–H and O–H groups in total. The maximum atomic E-state index is 11.1. The predicted molar refractivity (Wildman–Crippen MR) is 61.7 cm³/mol. The first-order valence-electron chi connectivity index (χ1n) is 4.72. The van der Waals surface area contributed by atoms with E-state index in [9.17, 15) is 14.9 Å². The summed E-state index contributed by atoms with van der Waals surface area (Å²) in [5, 5.41) is 11.1. The predicted octanol–water partition coefficient (Wildman–Crippen LogP) is 1.81. The SMILES string of the molecule is COC(=O)C[C@H](N)c1cc(Cl)ccc1[N+](=O)[O-]. The van der Waals surface area contributed by atoms with E-state index in [1.54, 1.807) is 0 Å². The number of rotatable bonds is 4. The third-order valence-corrected chi connectivity index (χ3v) is 2.44. The monoisotopic (exact) mass is 258 g/mol. The Morgan fingerprint density at radius 2 is 2.29 bits per heavy atom. The first kappa shape index (κ1) is 13.4. The second-order valence-electron chi connectivity index (χ2n) is 3.35. The van der Waals surface area contributed by atoms with E-state index in [1.807, 2.05) is 0 Å². The lowest BCUT2D eigenvalue weighted by molar-refractivity contribution is -0.385. The maximum absolute atomic E-state index is 11.1. The number of nitrogens with zero attached hydrogens (tertiary/aromatic N) is 1. The Bertz CT molecular complexity index is 450. The van der Waals surface area contributed by atoms with Gasteiger partial charge in [0, 0.05) is 22.7 Å². The van der Waals surface area contributed by atoms with Crippen molar-refractivity contribution >= 4 is 23.3 Å². The highest BCUT2D eigenvalue weighted by molar-refractivity contribution is 6.30. The van der Waals surface area contributed by atoms with Gasteiger partial charge in [0.25, 0.3) is 5.69 Å². The Kier molecular flexibility index (Phi) is 4.42. The highest BCUT2D eigenvalue weighted by atomic mass is 35.5. The molecule has 92 valence electrons. The summed E-state index contributed by atoms with van der Waals surface area (Å²) in [4.78, 5) is 21.3. The molecule has 6 nitrogen and oxygen atoms in total. The fraction of sp³-hybridized carbons (Fsp3) is 0.300. The maximum Gasteiger partial charge on any atom is 0.307 e. The molecule has 0 fully saturated rings. The van der Waals surface area contributed by atoms with E-state index in [4.69, 9.17) is 17.3 Å². The van der Waals surface area contributed by atoms with E-state index in [1.165, 1.54) is 25.3 Å². The van der Waals surface area contributed by atoms with Crippen LogP contribution < -0.4 is 5.73 Å². The number of methoxy groups -OCH3 is 1. The smallest absolute Gasteiger partial charge is 0.307 e. The summed E-state index contributed by atoms with van der Waals surface area (Å²) in [6.07, 6.45) is -0.141. The summed E-state index contributed by atoms with van der Waals surface area (Å²) >= 11 is 5.74. The first-order valence-corrected chi connectivity index (χ1v) is 5.09. The minimum absolute atomic E-state index is 0.141. The lowest BCUT2D eigenvalue weighted by Crippen LogP contribution is -2.17. The number of hydrogen-bond donors (Lipinski definition) is 1. The third kappa shape index (κ3) is 3.40. The van der Waals surface area contributed by atoms with Crippen molar-refractivity contribution in [3.05, 3.63) is 38.9 Å². The second kappa shape index (κ2) is 5.60. The van der Waals surface area contributed by atoms with Crippen molar-refractivity contribution in [2.75, 3.05) is 7.11 Å². The lowest BCUT2D eigenvalue weighted by Gasteiger charge is -2.11. The summed E-state index contributed by atoms with van der Waals surface area (Å²) in [5.74, 6) is -0.535. The lowest BCUT2D eigenvalue weighted by atomic mass is 10.0. The Morgan fingerprint density at radius 1 is 1.65 bits per heavy atom. The number of carbonyl (C=O) groups excluding carboxylic acids is 1. The van der Waals surface area contributed by atoms with Gasteiger partial charge in [-0.05, 0) is 12.1 Å². The molecule has 0 saturated carbocycles. The van der Waals surface area contributed by atoms with Gasteiger partial charge < -0.3 is 10.5 Å². The van der Waals surface area contributed by atoms with E-state index >= 15 is 0 Å². The zero-order valence-corrected chi connectivity index (χ0v) is 9.81. The Labute approximate surface area is 102 Å². The molecule has 0 aromatic heterocycles. The summed E-state index contributed by atoms with van der Waals surface area (Å²) in [6, 6.07) is 3.22. The average molecular weight is 259 g/mol. The van der Waals surface area contributed by atoms with Gasteiger partial charge in [0.1, 0.15) is 0 Å². The van der Waals surface area contributed by atoms with Gasteiger partial charge in [-0.15, -0.1) is 0 Å². The molecule has 0 bridgehead atoms. The molecule has 0 saturated heterocycles. The minimum atomic E-state index is -0.818. The standard InChI is InChI=1S/C10H11ClN2O4/c1-17-10(14)5-8(12)7-4-6(11)2-3-9(7)13(15)16/h2-4,8H,5,12H2,1H3/t8-/m0/s1. The van der Waals surface area contributed by atoms with Crippen molar-refractivity contribution in [2.24, 2.45) is 5.73 Å². The highest BCUT2D eigenvalue weighted by Gasteiger charge is 2.22. The molecule has 0 heterocycles. The quantitative estimate of drug-likeness (QED) is 0.505. The van der Waals surface area contributed by atoms with Gasteiger partial charge >= 0.3 is 5.97 Å². The molecule has 0 aliphatic rings. The summed E-state index contributed by atoms with van der Waals surface area (Å²) in [7, 11) is 1.22. The molecular formula is C10H11ClN2O4. The topological polar surface area (TPSA) is 95.5 Å². The van der Waals surface area contributed by atoms with Crippen molar-refractivity contribution in [3.8, 4) is 0 Å². The number of benzene rings is 1. The molecule has 0 unspecified atom stereocenters. The molecule has 17 heavy (non-hydrogen) atoms. The van der Waals surface area contributed by atoms with Crippen molar-refractivity contribution in [3.63, 3.8) is 0 Å². The van der Waals surface area contributed by atoms with Crippen LogP contribution in [-0.4, -0.2) is 18.0 Å². The van der Waals surface area contributed by atoms with E-state index in [0.29, 0.717) is 5.02 Å². The van der Waals surface area contributed by atoms with Crippen LogP contribution in [0, 0.1) is 10.1 Å². The normalized spacial score (nSPS) is 11.9. The van der Waals surface area contributed by atoms with Crippen LogP contribution in [0.2, 0.25) is 5.02 Å². The number of ether oxygens (including phenoxy) is 1. The zero-order valence-electron chi connectivity index (χ0n) is 9.05. The van der Waals surface area contributed by atoms with Crippen LogP contribution in [0.25, 0.3) is 0 Å². The van der Waals surface area contributed by atoms with Gasteiger partial charge in [0.05, 0.1) is 18.5 Å². The van der Waals surface area contributed by atoms with Crippen molar-refractivity contribution in [1.29, 1.82) is 0 Å². The van der Waals surface area contributed by atoms with Gasteiger partial charge in [-0.25, -0.2) is 0 Å². The van der Waals surface area contributed by atoms with Gasteiger partial charge in [-0.1, -0.05) is 11.6 Å². The molecule has 0 aliphatic heterocycles. The second-order valence-corrected chi connectivity index (χ2v) is 3.78. The third-order valence-electron chi connectivity index (χ3n) is 2.20. The molecule has 1 atom stereocenters. The molecular weight excluding hydrogens is 248 g/mol. The highest BCUT2D eigenvalue weighted by Crippen LogP contribution is 2.28. The van der Waals surface area contributed by atoms with Crippen LogP contribution in [0.3, 0.4) is 0 Å². The fourth-order valence-electron chi connectivity index (χ4n) is 1.36. The molecule has 0 radical (unpaired) electrons. The Balaban J connectivity index is 3.06. The van der Waals surface area contributed by atoms with Gasteiger partial charge in [0.15, 0.2) is 0 Å². The van der Waals surface area contributed by atoms with Crippen LogP contribution >= 0.6 is 11.6 Å². The van der Waals surface area contributed by atoms with E-state index in [-0.39, 0.29) is 17.7 Å². The fourth-order valence-corrected chi connectivity index (χ4v) is 1.54. The number of carbonyl (C=O) groups is 1. The molecule has 1 aromatic carbocycles.